The molecule has 0 fully saturated rings. The van der Waals surface area contributed by atoms with Gasteiger partial charge < -0.3 is 5.11 Å². The quantitative estimate of drug-likeness (QED) is 0.482. The van der Waals surface area contributed by atoms with Crippen molar-refractivity contribution < 1.29 is 14.7 Å². The molecule has 0 spiro atoms. The van der Waals surface area contributed by atoms with Gasteiger partial charge in [0.05, 0.1) is 0 Å². The van der Waals surface area contributed by atoms with E-state index in [9.17, 15) is 9.59 Å². The van der Waals surface area contributed by atoms with Crippen molar-refractivity contribution in [2.24, 2.45) is 0 Å². The molecule has 1 N–H and O–H groups in total. The molecule has 3 heteroatoms. The van der Waals surface area contributed by atoms with E-state index in [1.807, 2.05) is 6.92 Å². The van der Waals surface area contributed by atoms with Gasteiger partial charge in [-0.15, -0.1) is 0 Å². The summed E-state index contributed by atoms with van der Waals surface area (Å²) in [6.45, 7) is 2.07. The van der Waals surface area contributed by atoms with E-state index < -0.39 is 0 Å². The van der Waals surface area contributed by atoms with Gasteiger partial charge >= 0.3 is 0 Å². The highest BCUT2D eigenvalue weighted by Gasteiger charge is 1.95. The summed E-state index contributed by atoms with van der Waals surface area (Å²) in [7, 11) is 0. The van der Waals surface area contributed by atoms with Crippen LogP contribution in [0.1, 0.15) is 39.0 Å². The lowest BCUT2D eigenvalue weighted by Crippen LogP contribution is -1.94. The van der Waals surface area contributed by atoms with Gasteiger partial charge in [0.1, 0.15) is 0 Å². The minimum Gasteiger partial charge on any atom is -0.396 e. The summed E-state index contributed by atoms with van der Waals surface area (Å²) in [5, 5.41) is 8.51. The van der Waals surface area contributed by atoms with Crippen LogP contribution in [-0.4, -0.2) is 23.3 Å². The van der Waals surface area contributed by atoms with Crippen LogP contribution in [0.3, 0.4) is 0 Å². The van der Waals surface area contributed by atoms with E-state index in [0.717, 1.165) is 12.8 Å². The number of carbonyl (C=O) groups excluding carboxylic acids is 2. The molecule has 0 saturated heterocycles. The van der Waals surface area contributed by atoms with Gasteiger partial charge in [-0.05, 0) is 25.0 Å². The monoisotopic (exact) mass is 224 g/mol. The van der Waals surface area contributed by atoms with Crippen LogP contribution in [0.25, 0.3) is 0 Å². The maximum Gasteiger partial charge on any atom is 0.155 e. The topological polar surface area (TPSA) is 54.4 Å². The predicted octanol–water partition coefficient (Wildman–Crippen LogP) is 2.20. The van der Waals surface area contributed by atoms with Crippen LogP contribution >= 0.6 is 0 Å². The Kier molecular flexibility index (Phi) is 9.52. The Balaban J connectivity index is 3.76. The molecule has 0 amide bonds. The molecule has 0 unspecified atom stereocenters. The zero-order valence-corrected chi connectivity index (χ0v) is 9.82. The minimum absolute atomic E-state index is 0.0280. The average molecular weight is 224 g/mol. The first-order valence-electron chi connectivity index (χ1n) is 5.72. The van der Waals surface area contributed by atoms with Crippen molar-refractivity contribution in [3.05, 3.63) is 24.3 Å². The Hall–Kier alpha value is -1.22. The molecule has 0 aliphatic heterocycles. The highest BCUT2D eigenvalue weighted by Crippen LogP contribution is 1.96. The number of allylic oxidation sites excluding steroid dienone is 4. The van der Waals surface area contributed by atoms with Crippen LogP contribution in [0.4, 0.5) is 0 Å². The fraction of sp³-hybridized carbons (Fsp3) is 0.538. The number of carbonyl (C=O) groups is 2. The third kappa shape index (κ3) is 9.34. The number of aliphatic hydroxyl groups is 1. The molecule has 0 bridgehead atoms. The van der Waals surface area contributed by atoms with E-state index in [-0.39, 0.29) is 18.2 Å². The summed E-state index contributed by atoms with van der Waals surface area (Å²) in [4.78, 5) is 22.3. The molecule has 0 rings (SSSR count). The molecule has 0 aliphatic rings. The Morgan fingerprint density at radius 3 is 1.94 bits per heavy atom. The molecule has 90 valence electrons. The first kappa shape index (κ1) is 14.8. The van der Waals surface area contributed by atoms with Crippen molar-refractivity contribution in [1.82, 2.24) is 0 Å². The molecule has 0 aromatic heterocycles. The molecule has 3 nitrogen and oxygen atoms in total. The van der Waals surface area contributed by atoms with Crippen molar-refractivity contribution >= 4 is 11.6 Å². The van der Waals surface area contributed by atoms with Gasteiger partial charge in [0.25, 0.3) is 0 Å². The average Bonchev–Trinajstić information content (AvgIpc) is 2.29. The van der Waals surface area contributed by atoms with Gasteiger partial charge in [-0.3, -0.25) is 9.59 Å². The second-order valence-corrected chi connectivity index (χ2v) is 3.58. The Morgan fingerprint density at radius 2 is 1.50 bits per heavy atom. The first-order chi connectivity index (χ1) is 7.70. The van der Waals surface area contributed by atoms with Gasteiger partial charge in [-0.25, -0.2) is 0 Å². The standard InChI is InChI=1S/C13H20O3/c1-2-3-7-12(15)8-4-5-9-13(16)10-6-11-14/h4-5,8-9,14H,2-3,6-7,10-11H2,1H3/b8-4+,9-5+. The SMILES string of the molecule is CCCCC(=O)/C=C/C=C/C(=O)CCCO. The van der Waals surface area contributed by atoms with E-state index >= 15 is 0 Å². The first-order valence-corrected chi connectivity index (χ1v) is 5.72. The molecule has 16 heavy (non-hydrogen) atoms. The van der Waals surface area contributed by atoms with Gasteiger partial charge in [-0.1, -0.05) is 25.5 Å². The van der Waals surface area contributed by atoms with Crippen LogP contribution in [-0.2, 0) is 9.59 Å². The van der Waals surface area contributed by atoms with E-state index in [1.165, 1.54) is 12.2 Å². The second kappa shape index (κ2) is 10.3. The highest BCUT2D eigenvalue weighted by molar-refractivity contribution is 5.91. The zero-order valence-electron chi connectivity index (χ0n) is 9.82. The largest absolute Gasteiger partial charge is 0.396 e. The minimum atomic E-state index is -0.0280. The van der Waals surface area contributed by atoms with Crippen LogP contribution in [0.5, 0.6) is 0 Å². The normalized spacial score (nSPS) is 11.4. The van der Waals surface area contributed by atoms with Crippen molar-refractivity contribution in [3.8, 4) is 0 Å². The maximum atomic E-state index is 11.2. The molecular weight excluding hydrogens is 204 g/mol. The molecule has 0 aromatic carbocycles. The third-order valence-corrected chi connectivity index (χ3v) is 2.03. The van der Waals surface area contributed by atoms with Gasteiger partial charge in [0.2, 0.25) is 0 Å². The second-order valence-electron chi connectivity index (χ2n) is 3.58. The Bertz CT molecular complexity index is 236. The number of rotatable bonds is 9. The maximum absolute atomic E-state index is 11.2. The predicted molar refractivity (Wildman–Crippen MR) is 64.1 cm³/mol. The lowest BCUT2D eigenvalue weighted by molar-refractivity contribution is -0.115. The van der Waals surface area contributed by atoms with Crippen molar-refractivity contribution in [1.29, 1.82) is 0 Å². The summed E-state index contributed by atoms with van der Waals surface area (Å²) in [5.74, 6) is 0.0639. The lowest BCUT2D eigenvalue weighted by Gasteiger charge is -1.91. The highest BCUT2D eigenvalue weighted by atomic mass is 16.3. The molecule has 0 radical (unpaired) electrons. The summed E-state index contributed by atoms with van der Waals surface area (Å²) < 4.78 is 0. The summed E-state index contributed by atoms with van der Waals surface area (Å²) >= 11 is 0. The van der Waals surface area contributed by atoms with Crippen LogP contribution in [0.15, 0.2) is 24.3 Å². The number of aliphatic hydroxyl groups excluding tert-OH is 1. The van der Waals surface area contributed by atoms with Crippen molar-refractivity contribution in [2.75, 3.05) is 6.61 Å². The molecule has 0 heterocycles. The Labute approximate surface area is 96.9 Å². The van der Waals surface area contributed by atoms with Crippen molar-refractivity contribution in [3.63, 3.8) is 0 Å². The van der Waals surface area contributed by atoms with Gasteiger partial charge in [-0.2, -0.15) is 0 Å². The zero-order chi connectivity index (χ0) is 12.2. The number of ketones is 2. The molecule has 0 aliphatic carbocycles. The third-order valence-electron chi connectivity index (χ3n) is 2.03. The molecular formula is C13H20O3. The number of hydrogen-bond acceptors (Lipinski definition) is 3. The van der Waals surface area contributed by atoms with Crippen molar-refractivity contribution in [2.45, 2.75) is 39.0 Å². The smallest absolute Gasteiger partial charge is 0.155 e. The summed E-state index contributed by atoms with van der Waals surface area (Å²) in [5.41, 5.74) is 0. The summed E-state index contributed by atoms with van der Waals surface area (Å²) in [6, 6.07) is 0. The number of unbranched alkanes of at least 4 members (excludes halogenated alkanes) is 1. The number of hydrogen-bond donors (Lipinski definition) is 1. The van der Waals surface area contributed by atoms with E-state index in [1.54, 1.807) is 12.2 Å². The van der Waals surface area contributed by atoms with Gasteiger partial charge in [0, 0.05) is 19.4 Å². The molecule has 0 atom stereocenters. The van der Waals surface area contributed by atoms with Crippen LogP contribution < -0.4 is 0 Å². The Morgan fingerprint density at radius 1 is 1.00 bits per heavy atom. The molecule has 0 saturated carbocycles. The van der Waals surface area contributed by atoms with Crippen LogP contribution in [0, 0.1) is 0 Å². The molecule has 0 aromatic rings. The fourth-order valence-electron chi connectivity index (χ4n) is 1.10. The fourth-order valence-corrected chi connectivity index (χ4v) is 1.10. The van der Waals surface area contributed by atoms with Crippen LogP contribution in [0.2, 0.25) is 0 Å². The summed E-state index contributed by atoms with van der Waals surface area (Å²) in [6.07, 6.45) is 9.41. The van der Waals surface area contributed by atoms with E-state index in [2.05, 4.69) is 0 Å². The lowest BCUT2D eigenvalue weighted by atomic mass is 10.1. The van der Waals surface area contributed by atoms with E-state index in [0.29, 0.717) is 19.3 Å². The van der Waals surface area contributed by atoms with Gasteiger partial charge in [0.15, 0.2) is 11.6 Å². The van der Waals surface area contributed by atoms with E-state index in [4.69, 9.17) is 5.11 Å².